The van der Waals surface area contributed by atoms with Crippen LogP contribution in [0.25, 0.3) is 0 Å². The van der Waals surface area contributed by atoms with Gasteiger partial charge in [-0.3, -0.25) is 4.79 Å². The van der Waals surface area contributed by atoms with Crippen molar-refractivity contribution in [3.8, 4) is 5.75 Å². The van der Waals surface area contributed by atoms with Crippen molar-refractivity contribution < 1.29 is 9.53 Å². The van der Waals surface area contributed by atoms with Crippen LogP contribution >= 0.6 is 0 Å². The molecule has 1 aromatic carbocycles. The van der Waals surface area contributed by atoms with E-state index in [1.807, 2.05) is 17.0 Å². The number of amides is 1. The summed E-state index contributed by atoms with van der Waals surface area (Å²) in [5.74, 6) is 0.837. The summed E-state index contributed by atoms with van der Waals surface area (Å²) in [6, 6.07) is 8.50. The Morgan fingerprint density at radius 1 is 1.26 bits per heavy atom. The van der Waals surface area contributed by atoms with Crippen LogP contribution in [0.2, 0.25) is 0 Å². The maximum atomic E-state index is 12.3. The molecule has 0 aliphatic carbocycles. The molecule has 0 bridgehead atoms. The summed E-state index contributed by atoms with van der Waals surface area (Å²) >= 11 is 0. The molecule has 1 unspecified atom stereocenters. The minimum absolute atomic E-state index is 0.0800. The van der Waals surface area contributed by atoms with Gasteiger partial charge in [0, 0.05) is 19.1 Å². The minimum Gasteiger partial charge on any atom is -0.484 e. The molecule has 1 heterocycles. The molecule has 0 N–H and O–H groups in total. The van der Waals surface area contributed by atoms with Crippen molar-refractivity contribution in [2.24, 2.45) is 0 Å². The number of rotatable bonds is 4. The average Bonchev–Trinajstić information content (AvgIpc) is 2.52. The molecule has 1 fully saturated rings. The average molecular weight is 318 g/mol. The summed E-state index contributed by atoms with van der Waals surface area (Å²) in [4.78, 5) is 16.5. The fraction of sp³-hybridized carbons (Fsp3) is 0.632. The molecule has 1 aromatic rings. The first-order chi connectivity index (χ1) is 10.8. The topological polar surface area (TPSA) is 32.8 Å². The third kappa shape index (κ3) is 4.96. The first-order valence-electron chi connectivity index (χ1n) is 8.45. The third-order valence-corrected chi connectivity index (χ3v) is 4.56. The van der Waals surface area contributed by atoms with E-state index < -0.39 is 0 Å². The summed E-state index contributed by atoms with van der Waals surface area (Å²) in [5, 5.41) is 0. The van der Waals surface area contributed by atoms with Gasteiger partial charge in [-0.15, -0.1) is 0 Å². The molecule has 4 nitrogen and oxygen atoms in total. The second kappa shape index (κ2) is 7.35. The standard InChI is InChI=1S/C19H30N2O2/c1-19(2,3)15-8-10-17(11-9-15)23-14-18(22)21-12-6-7-16(13-21)20(4)5/h8-11,16H,6-7,12-14H2,1-5H3. The summed E-state index contributed by atoms with van der Waals surface area (Å²) in [7, 11) is 4.15. The molecule has 128 valence electrons. The fourth-order valence-corrected chi connectivity index (χ4v) is 2.89. The molecule has 0 radical (unpaired) electrons. The zero-order valence-electron chi connectivity index (χ0n) is 15.1. The second-order valence-electron chi connectivity index (χ2n) is 7.66. The van der Waals surface area contributed by atoms with Crippen molar-refractivity contribution in [3.63, 3.8) is 0 Å². The van der Waals surface area contributed by atoms with E-state index in [2.05, 4.69) is 51.9 Å². The number of carbonyl (C=O) groups excluding carboxylic acids is 1. The van der Waals surface area contributed by atoms with Gasteiger partial charge in [0.2, 0.25) is 0 Å². The molecular formula is C19H30N2O2. The van der Waals surface area contributed by atoms with E-state index in [0.29, 0.717) is 6.04 Å². The summed E-state index contributed by atoms with van der Waals surface area (Å²) < 4.78 is 5.68. The van der Waals surface area contributed by atoms with Crippen LogP contribution in [0.5, 0.6) is 5.75 Å². The van der Waals surface area contributed by atoms with E-state index >= 15 is 0 Å². The van der Waals surface area contributed by atoms with Crippen molar-refractivity contribution in [2.75, 3.05) is 33.8 Å². The lowest BCUT2D eigenvalue weighted by Gasteiger charge is -2.36. The maximum absolute atomic E-state index is 12.3. The normalized spacial score (nSPS) is 19.0. The van der Waals surface area contributed by atoms with Crippen molar-refractivity contribution in [1.82, 2.24) is 9.80 Å². The Morgan fingerprint density at radius 3 is 2.48 bits per heavy atom. The highest BCUT2D eigenvalue weighted by molar-refractivity contribution is 5.77. The predicted molar refractivity (Wildman–Crippen MR) is 93.9 cm³/mol. The summed E-state index contributed by atoms with van der Waals surface area (Å²) in [6.45, 7) is 8.32. The highest BCUT2D eigenvalue weighted by Crippen LogP contribution is 2.24. The van der Waals surface area contributed by atoms with Gasteiger partial charge in [0.05, 0.1) is 0 Å². The second-order valence-corrected chi connectivity index (χ2v) is 7.66. The SMILES string of the molecule is CN(C)C1CCCN(C(=O)COc2ccc(C(C)(C)C)cc2)C1. The zero-order valence-corrected chi connectivity index (χ0v) is 15.1. The highest BCUT2D eigenvalue weighted by atomic mass is 16.5. The molecule has 0 aromatic heterocycles. The van der Waals surface area contributed by atoms with Crippen LogP contribution in [-0.4, -0.2) is 55.5 Å². The Bertz CT molecular complexity index is 517. The van der Waals surface area contributed by atoms with Crippen molar-refractivity contribution >= 4 is 5.91 Å². The lowest BCUT2D eigenvalue weighted by Crippen LogP contribution is -2.48. The van der Waals surface area contributed by atoms with Gasteiger partial charge >= 0.3 is 0 Å². The van der Waals surface area contributed by atoms with Crippen molar-refractivity contribution in [1.29, 1.82) is 0 Å². The highest BCUT2D eigenvalue weighted by Gasteiger charge is 2.25. The first kappa shape index (κ1) is 17.8. The molecule has 1 atom stereocenters. The lowest BCUT2D eigenvalue weighted by atomic mass is 9.87. The van der Waals surface area contributed by atoms with Gasteiger partial charge in [-0.1, -0.05) is 32.9 Å². The van der Waals surface area contributed by atoms with Crippen LogP contribution in [0.1, 0.15) is 39.2 Å². The van der Waals surface area contributed by atoms with Crippen LogP contribution in [0.4, 0.5) is 0 Å². The number of carbonyl (C=O) groups is 1. The van der Waals surface area contributed by atoms with E-state index in [1.165, 1.54) is 5.56 Å². The van der Waals surface area contributed by atoms with E-state index in [1.54, 1.807) is 0 Å². The molecular weight excluding hydrogens is 288 g/mol. The molecule has 0 saturated carbocycles. The number of likely N-dealkylation sites (N-methyl/N-ethyl adjacent to an activating group) is 1. The van der Waals surface area contributed by atoms with E-state index in [-0.39, 0.29) is 17.9 Å². The molecule has 1 aliphatic heterocycles. The van der Waals surface area contributed by atoms with Gasteiger partial charge in [0.25, 0.3) is 5.91 Å². The number of hydrogen-bond acceptors (Lipinski definition) is 3. The molecule has 1 saturated heterocycles. The van der Waals surface area contributed by atoms with Crippen LogP contribution in [0.3, 0.4) is 0 Å². The van der Waals surface area contributed by atoms with E-state index in [0.717, 1.165) is 31.7 Å². The van der Waals surface area contributed by atoms with Crippen molar-refractivity contribution in [2.45, 2.75) is 45.1 Å². The minimum atomic E-state index is 0.0800. The number of nitrogens with zero attached hydrogens (tertiary/aromatic N) is 2. The number of benzene rings is 1. The zero-order chi connectivity index (χ0) is 17.0. The number of piperidine rings is 1. The number of ether oxygens (including phenoxy) is 1. The predicted octanol–water partition coefficient (Wildman–Crippen LogP) is 2.92. The maximum Gasteiger partial charge on any atom is 0.260 e. The third-order valence-electron chi connectivity index (χ3n) is 4.56. The van der Waals surface area contributed by atoms with Crippen LogP contribution < -0.4 is 4.74 Å². The quantitative estimate of drug-likeness (QED) is 0.856. The molecule has 23 heavy (non-hydrogen) atoms. The lowest BCUT2D eigenvalue weighted by molar-refractivity contribution is -0.135. The Kier molecular flexibility index (Phi) is 5.69. The Balaban J connectivity index is 1.86. The largest absolute Gasteiger partial charge is 0.484 e. The monoisotopic (exact) mass is 318 g/mol. The van der Waals surface area contributed by atoms with Crippen LogP contribution in [-0.2, 0) is 10.2 Å². The molecule has 0 spiro atoms. The van der Waals surface area contributed by atoms with Crippen LogP contribution in [0.15, 0.2) is 24.3 Å². The number of likely N-dealkylation sites (tertiary alicyclic amines) is 1. The first-order valence-corrected chi connectivity index (χ1v) is 8.45. The van der Waals surface area contributed by atoms with Gasteiger partial charge in [0.15, 0.2) is 6.61 Å². The molecule has 1 amide bonds. The molecule has 2 rings (SSSR count). The van der Waals surface area contributed by atoms with Gasteiger partial charge in [-0.05, 0) is 50.0 Å². The Hall–Kier alpha value is -1.55. The Labute approximate surface area is 140 Å². The smallest absolute Gasteiger partial charge is 0.260 e. The molecule has 1 aliphatic rings. The van der Waals surface area contributed by atoms with Gasteiger partial charge < -0.3 is 14.5 Å². The Morgan fingerprint density at radius 2 is 1.91 bits per heavy atom. The molecule has 4 heteroatoms. The van der Waals surface area contributed by atoms with E-state index in [4.69, 9.17) is 4.74 Å². The van der Waals surface area contributed by atoms with Crippen LogP contribution in [0, 0.1) is 0 Å². The van der Waals surface area contributed by atoms with Gasteiger partial charge in [-0.2, -0.15) is 0 Å². The van der Waals surface area contributed by atoms with Gasteiger partial charge in [-0.25, -0.2) is 0 Å². The fourth-order valence-electron chi connectivity index (χ4n) is 2.89. The summed E-state index contributed by atoms with van der Waals surface area (Å²) in [5.41, 5.74) is 1.39. The summed E-state index contributed by atoms with van der Waals surface area (Å²) in [6.07, 6.45) is 2.22. The number of hydrogen-bond donors (Lipinski definition) is 0. The van der Waals surface area contributed by atoms with E-state index in [9.17, 15) is 4.79 Å². The van der Waals surface area contributed by atoms with Gasteiger partial charge in [0.1, 0.15) is 5.75 Å². The van der Waals surface area contributed by atoms with Crippen molar-refractivity contribution in [3.05, 3.63) is 29.8 Å².